The van der Waals surface area contributed by atoms with E-state index in [0.717, 1.165) is 45.2 Å². The first-order chi connectivity index (χ1) is 27.1. The van der Waals surface area contributed by atoms with Crippen molar-refractivity contribution < 1.29 is 4.74 Å². The predicted molar refractivity (Wildman–Crippen MR) is 244 cm³/mol. The number of hydrogen-bond donors (Lipinski definition) is 2. The molecule has 6 heteroatoms. The van der Waals surface area contributed by atoms with Gasteiger partial charge in [0, 0.05) is 26.8 Å². The molecule has 0 bridgehead atoms. The molecule has 0 aliphatic rings. The van der Waals surface area contributed by atoms with Crippen LogP contribution in [-0.2, 0) is 4.74 Å². The van der Waals surface area contributed by atoms with Gasteiger partial charge in [0.1, 0.15) is 11.4 Å². The van der Waals surface area contributed by atoms with E-state index < -0.39 is 5.43 Å². The second-order valence-corrected chi connectivity index (χ2v) is 17.2. The lowest BCUT2D eigenvalue weighted by Gasteiger charge is -2.23. The Balaban J connectivity index is 2.31. The highest BCUT2D eigenvalue weighted by molar-refractivity contribution is 5.73. The van der Waals surface area contributed by atoms with Crippen molar-refractivity contribution in [3.63, 3.8) is 0 Å². The van der Waals surface area contributed by atoms with Gasteiger partial charge < -0.3 is 20.3 Å². The van der Waals surface area contributed by atoms with Crippen LogP contribution in [0.2, 0.25) is 0 Å². The van der Waals surface area contributed by atoms with Gasteiger partial charge in [-0.1, -0.05) is 207 Å². The Morgan fingerprint density at radius 3 is 1.20 bits per heavy atom. The van der Waals surface area contributed by atoms with Crippen LogP contribution in [0.5, 0.6) is 0 Å². The third kappa shape index (κ3) is 29.5. The Bertz CT molecular complexity index is 990. The van der Waals surface area contributed by atoms with Gasteiger partial charge in [-0.05, 0) is 57.7 Å². The molecule has 1 rings (SSSR count). The fourth-order valence-electron chi connectivity index (χ4n) is 8.32. The van der Waals surface area contributed by atoms with Crippen LogP contribution in [0.3, 0.4) is 0 Å². The maximum Gasteiger partial charge on any atom is 0.253 e. The second-order valence-electron chi connectivity index (χ2n) is 17.2. The second kappa shape index (κ2) is 39.4. The first-order valence-electron chi connectivity index (χ1n) is 24.6. The van der Waals surface area contributed by atoms with Crippen LogP contribution in [0.4, 0.5) is 11.4 Å². The molecule has 0 aliphatic carbocycles. The zero-order valence-electron chi connectivity index (χ0n) is 37.5. The summed E-state index contributed by atoms with van der Waals surface area (Å²) in [6.07, 6.45) is 46.4. The monoisotopic (exact) mass is 774 g/mol. The Morgan fingerprint density at radius 1 is 0.436 bits per heavy atom. The molecule has 0 heterocycles. The van der Waals surface area contributed by atoms with Gasteiger partial charge in [0.05, 0.1) is 0 Å². The highest BCUT2D eigenvalue weighted by Gasteiger charge is 2.19. The van der Waals surface area contributed by atoms with Crippen molar-refractivity contribution in [2.45, 2.75) is 239 Å². The minimum Gasteiger partial charge on any atom is -0.383 e. The summed E-state index contributed by atoms with van der Waals surface area (Å²) in [6.45, 7) is 12.9. The fraction of sp³-hybridized carbons (Fsp3) is 0.918. The van der Waals surface area contributed by atoms with Gasteiger partial charge in [0.2, 0.25) is 0 Å². The number of nitrogens with zero attached hydrogens (tertiary/aromatic N) is 1. The van der Waals surface area contributed by atoms with E-state index in [9.17, 15) is 9.59 Å². The quantitative estimate of drug-likeness (QED) is 0.0508. The lowest BCUT2D eigenvalue weighted by molar-refractivity contribution is 0.125. The van der Waals surface area contributed by atoms with E-state index in [1.165, 1.54) is 218 Å². The number of unbranched alkanes of at least 4 members (excludes halogenated alkanes) is 25. The summed E-state index contributed by atoms with van der Waals surface area (Å²) in [5, 5.41) is 6.10. The number of ether oxygens (including phenoxy) is 1. The van der Waals surface area contributed by atoms with Gasteiger partial charge in [-0.25, -0.2) is 0 Å². The van der Waals surface area contributed by atoms with Crippen LogP contribution < -0.4 is 21.5 Å². The molecule has 0 atom stereocenters. The molecule has 1 aromatic rings. The molecule has 0 amide bonds. The molecular formula is C49H95N3O3. The Kier molecular flexibility index (Phi) is 37.0. The highest BCUT2D eigenvalue weighted by atomic mass is 16.5. The van der Waals surface area contributed by atoms with E-state index in [-0.39, 0.29) is 5.43 Å². The topological polar surface area (TPSA) is 70.7 Å². The van der Waals surface area contributed by atoms with Crippen molar-refractivity contribution >= 4 is 11.4 Å². The van der Waals surface area contributed by atoms with E-state index in [2.05, 4.69) is 36.3 Å². The summed E-state index contributed by atoms with van der Waals surface area (Å²) >= 11 is 0. The summed E-state index contributed by atoms with van der Waals surface area (Å²) < 4.78 is 5.95. The molecule has 55 heavy (non-hydrogen) atoms. The third-order valence-corrected chi connectivity index (χ3v) is 12.0. The van der Waals surface area contributed by atoms with Crippen LogP contribution in [0.25, 0.3) is 0 Å². The van der Waals surface area contributed by atoms with Crippen molar-refractivity contribution in [2.75, 3.05) is 57.1 Å². The first-order valence-corrected chi connectivity index (χ1v) is 24.6. The largest absolute Gasteiger partial charge is 0.383 e. The summed E-state index contributed by atoms with van der Waals surface area (Å²) in [5.74, 6) is 0.959. The summed E-state index contributed by atoms with van der Waals surface area (Å²) in [5.41, 5.74) is 0.136. The van der Waals surface area contributed by atoms with Gasteiger partial charge in [-0.15, -0.1) is 0 Å². The number of rotatable bonds is 45. The van der Waals surface area contributed by atoms with Crippen molar-refractivity contribution in [3.8, 4) is 0 Å². The molecule has 0 unspecified atom stereocenters. The zero-order chi connectivity index (χ0) is 39.9. The molecule has 324 valence electrons. The van der Waals surface area contributed by atoms with Crippen LogP contribution in [-0.4, -0.2) is 51.3 Å². The first kappa shape index (κ1) is 51.6. The van der Waals surface area contributed by atoms with Gasteiger partial charge in [0.15, 0.2) is 0 Å². The zero-order valence-corrected chi connectivity index (χ0v) is 37.5. The molecule has 0 aromatic heterocycles. The lowest BCUT2D eigenvalue weighted by atomic mass is 9.89. The smallest absolute Gasteiger partial charge is 0.253 e. The van der Waals surface area contributed by atoms with Crippen LogP contribution >= 0.6 is 0 Å². The minimum absolute atomic E-state index is 0.380. The van der Waals surface area contributed by atoms with Crippen molar-refractivity contribution in [1.82, 2.24) is 4.90 Å². The predicted octanol–water partition coefficient (Wildman–Crippen LogP) is 14.0. The molecular weight excluding hydrogens is 679 g/mol. The molecule has 1 aromatic carbocycles. The number of hydrogen-bond acceptors (Lipinski definition) is 6. The summed E-state index contributed by atoms with van der Waals surface area (Å²) in [7, 11) is 1.71. The molecule has 0 spiro atoms. The average Bonchev–Trinajstić information content (AvgIpc) is 3.19. The maximum atomic E-state index is 12.0. The molecule has 0 saturated heterocycles. The van der Waals surface area contributed by atoms with E-state index in [1.807, 2.05) is 0 Å². The van der Waals surface area contributed by atoms with Crippen molar-refractivity contribution in [2.24, 2.45) is 5.92 Å². The molecule has 0 fully saturated rings. The number of anilines is 2. The van der Waals surface area contributed by atoms with E-state index in [4.69, 9.17) is 4.74 Å². The third-order valence-electron chi connectivity index (χ3n) is 12.0. The summed E-state index contributed by atoms with van der Waals surface area (Å²) in [4.78, 5) is 26.4. The molecule has 2 N–H and O–H groups in total. The summed E-state index contributed by atoms with van der Waals surface area (Å²) in [6, 6.07) is 0. The minimum atomic E-state index is -0.397. The van der Waals surface area contributed by atoms with Crippen LogP contribution in [0.15, 0.2) is 9.59 Å². The lowest BCUT2D eigenvalue weighted by Crippen LogP contribution is -2.37. The van der Waals surface area contributed by atoms with Gasteiger partial charge in [-0.3, -0.25) is 9.59 Å². The Morgan fingerprint density at radius 2 is 0.782 bits per heavy atom. The molecule has 0 radical (unpaired) electrons. The van der Waals surface area contributed by atoms with E-state index >= 15 is 0 Å². The van der Waals surface area contributed by atoms with Crippen molar-refractivity contribution in [1.29, 1.82) is 0 Å². The van der Waals surface area contributed by atoms with Gasteiger partial charge in [0.25, 0.3) is 10.9 Å². The molecule has 6 nitrogen and oxygen atoms in total. The van der Waals surface area contributed by atoms with E-state index in [1.54, 1.807) is 7.05 Å². The van der Waals surface area contributed by atoms with Crippen LogP contribution in [0.1, 0.15) is 239 Å². The van der Waals surface area contributed by atoms with Gasteiger partial charge >= 0.3 is 0 Å². The Labute approximate surface area is 342 Å². The normalized spacial score (nSPS) is 11.8. The van der Waals surface area contributed by atoms with Crippen LogP contribution in [0, 0.1) is 5.92 Å². The standard InChI is InChI=1S/C49H95N3O3/c1-5-8-11-14-17-18-19-26-33-43-55-44-34-27-25-32-41-52(42-35-39-51-47-46(50-4)48(53)49(47)54)40-31-24-20-23-30-38-45(36-28-21-15-12-9-6-2)37-29-22-16-13-10-7-3/h45,50-51H,5-44H2,1-4H3. The highest BCUT2D eigenvalue weighted by Crippen LogP contribution is 2.25. The molecule has 0 aliphatic heterocycles. The Hall–Kier alpha value is -1.40. The fourth-order valence-corrected chi connectivity index (χ4v) is 8.32. The maximum absolute atomic E-state index is 12.0. The SMILES string of the molecule is CCCCCCCCCCCOCCCCCCN(CCCCCCCC(CCCCCCCC)CCCCCCCC)CCCNc1c(NC)c(=O)c1=O. The van der Waals surface area contributed by atoms with E-state index in [0.29, 0.717) is 11.4 Å². The van der Waals surface area contributed by atoms with Crippen molar-refractivity contribution in [3.05, 3.63) is 20.4 Å². The average molecular weight is 774 g/mol. The number of nitrogens with one attached hydrogen (secondary N) is 2. The van der Waals surface area contributed by atoms with Gasteiger partial charge in [-0.2, -0.15) is 0 Å². The molecule has 0 saturated carbocycles.